The van der Waals surface area contributed by atoms with Gasteiger partial charge in [-0.05, 0) is 50.3 Å². The second kappa shape index (κ2) is 7.55. The quantitative estimate of drug-likeness (QED) is 0.883. The van der Waals surface area contributed by atoms with Crippen LogP contribution < -0.4 is 5.32 Å². The van der Waals surface area contributed by atoms with Crippen molar-refractivity contribution in [1.29, 1.82) is 0 Å². The summed E-state index contributed by atoms with van der Waals surface area (Å²) in [6, 6.07) is 12.5. The first-order valence-corrected chi connectivity index (χ1v) is 7.52. The standard InChI is InChI=1S/C17H22ClN3/c1-13(15-5-4-6-16(18)9-15)21(3)12-17-8-7-14(10-19-2)11-20-17/h4-9,11,13,19H,10,12H2,1-3H3. The lowest BCUT2D eigenvalue weighted by Gasteiger charge is -2.25. The molecule has 0 aliphatic rings. The molecule has 112 valence electrons. The SMILES string of the molecule is CNCc1ccc(CN(C)C(C)c2cccc(Cl)c2)nc1. The zero-order valence-corrected chi connectivity index (χ0v) is 13.6. The Morgan fingerprint density at radius 3 is 2.71 bits per heavy atom. The van der Waals surface area contributed by atoms with Gasteiger partial charge >= 0.3 is 0 Å². The average molecular weight is 304 g/mol. The molecule has 1 aromatic carbocycles. The first kappa shape index (κ1) is 16.0. The first-order valence-electron chi connectivity index (χ1n) is 7.14. The fraction of sp³-hybridized carbons (Fsp3) is 0.353. The van der Waals surface area contributed by atoms with Gasteiger partial charge in [0.1, 0.15) is 0 Å². The number of hydrogen-bond donors (Lipinski definition) is 1. The minimum Gasteiger partial charge on any atom is -0.316 e. The molecule has 2 rings (SSSR count). The van der Waals surface area contributed by atoms with Crippen LogP contribution in [0.15, 0.2) is 42.6 Å². The summed E-state index contributed by atoms with van der Waals surface area (Å²) in [6.07, 6.45) is 1.93. The summed E-state index contributed by atoms with van der Waals surface area (Å²) in [5.74, 6) is 0. The number of pyridine rings is 1. The largest absolute Gasteiger partial charge is 0.316 e. The fourth-order valence-electron chi connectivity index (χ4n) is 2.27. The Labute approximate surface area is 132 Å². The second-order valence-corrected chi connectivity index (χ2v) is 5.77. The highest BCUT2D eigenvalue weighted by Gasteiger charge is 2.12. The summed E-state index contributed by atoms with van der Waals surface area (Å²) < 4.78 is 0. The highest BCUT2D eigenvalue weighted by molar-refractivity contribution is 6.30. The van der Waals surface area contributed by atoms with Crippen LogP contribution in [0, 0.1) is 0 Å². The molecule has 0 bridgehead atoms. The van der Waals surface area contributed by atoms with Crippen LogP contribution in [-0.2, 0) is 13.1 Å². The van der Waals surface area contributed by atoms with Crippen molar-refractivity contribution in [3.05, 3.63) is 64.4 Å². The van der Waals surface area contributed by atoms with E-state index in [9.17, 15) is 0 Å². The van der Waals surface area contributed by atoms with Crippen molar-refractivity contribution in [1.82, 2.24) is 15.2 Å². The molecule has 2 aromatic rings. The first-order chi connectivity index (χ1) is 10.1. The Bertz CT molecular complexity index is 569. The van der Waals surface area contributed by atoms with Crippen molar-refractivity contribution in [3.8, 4) is 0 Å². The van der Waals surface area contributed by atoms with Crippen LogP contribution >= 0.6 is 11.6 Å². The molecule has 4 heteroatoms. The molecule has 0 aliphatic carbocycles. The molecule has 1 N–H and O–H groups in total. The third-order valence-electron chi connectivity index (χ3n) is 3.67. The van der Waals surface area contributed by atoms with Crippen molar-refractivity contribution >= 4 is 11.6 Å². The summed E-state index contributed by atoms with van der Waals surface area (Å²) in [4.78, 5) is 6.79. The van der Waals surface area contributed by atoms with Crippen LogP contribution in [0.4, 0.5) is 0 Å². The molecule has 1 aromatic heterocycles. The van der Waals surface area contributed by atoms with Gasteiger partial charge in [-0.2, -0.15) is 0 Å². The van der Waals surface area contributed by atoms with Crippen LogP contribution in [0.1, 0.15) is 29.8 Å². The Morgan fingerprint density at radius 1 is 1.29 bits per heavy atom. The average Bonchev–Trinajstić information content (AvgIpc) is 2.48. The number of hydrogen-bond acceptors (Lipinski definition) is 3. The zero-order valence-electron chi connectivity index (χ0n) is 12.8. The maximum Gasteiger partial charge on any atom is 0.0544 e. The fourth-order valence-corrected chi connectivity index (χ4v) is 2.47. The van der Waals surface area contributed by atoms with Gasteiger partial charge in [0.25, 0.3) is 0 Å². The van der Waals surface area contributed by atoms with Crippen molar-refractivity contribution in [2.75, 3.05) is 14.1 Å². The number of aromatic nitrogens is 1. The number of rotatable bonds is 6. The van der Waals surface area contributed by atoms with Crippen molar-refractivity contribution < 1.29 is 0 Å². The Balaban J connectivity index is 2.01. The van der Waals surface area contributed by atoms with E-state index in [1.807, 2.05) is 31.4 Å². The second-order valence-electron chi connectivity index (χ2n) is 5.33. The number of benzene rings is 1. The molecule has 0 saturated carbocycles. The van der Waals surface area contributed by atoms with Crippen LogP contribution in [0.2, 0.25) is 5.02 Å². The molecule has 1 unspecified atom stereocenters. The summed E-state index contributed by atoms with van der Waals surface area (Å²) in [7, 11) is 4.04. The summed E-state index contributed by atoms with van der Waals surface area (Å²) in [6.45, 7) is 3.84. The van der Waals surface area contributed by atoms with Gasteiger partial charge in [-0.25, -0.2) is 0 Å². The predicted octanol–water partition coefficient (Wildman–Crippen LogP) is 3.65. The lowest BCUT2D eigenvalue weighted by molar-refractivity contribution is 0.250. The highest BCUT2D eigenvalue weighted by Crippen LogP contribution is 2.22. The van der Waals surface area contributed by atoms with Gasteiger partial charge in [-0.3, -0.25) is 9.88 Å². The van der Waals surface area contributed by atoms with Gasteiger partial charge in [0.15, 0.2) is 0 Å². The molecule has 1 heterocycles. The summed E-state index contributed by atoms with van der Waals surface area (Å²) in [5, 5.41) is 3.91. The molecular weight excluding hydrogens is 282 g/mol. The van der Waals surface area contributed by atoms with Crippen LogP contribution in [0.3, 0.4) is 0 Å². The highest BCUT2D eigenvalue weighted by atomic mass is 35.5. The van der Waals surface area contributed by atoms with E-state index in [0.29, 0.717) is 6.04 Å². The van der Waals surface area contributed by atoms with E-state index >= 15 is 0 Å². The van der Waals surface area contributed by atoms with Crippen LogP contribution in [-0.4, -0.2) is 24.0 Å². The van der Waals surface area contributed by atoms with E-state index in [0.717, 1.165) is 23.8 Å². The monoisotopic (exact) mass is 303 g/mol. The van der Waals surface area contributed by atoms with E-state index in [4.69, 9.17) is 11.6 Å². The summed E-state index contributed by atoms with van der Waals surface area (Å²) >= 11 is 6.06. The number of nitrogens with one attached hydrogen (secondary N) is 1. The smallest absolute Gasteiger partial charge is 0.0544 e. The molecule has 0 saturated heterocycles. The van der Waals surface area contributed by atoms with E-state index in [1.54, 1.807) is 0 Å². The minimum atomic E-state index is 0.294. The molecule has 21 heavy (non-hydrogen) atoms. The lowest BCUT2D eigenvalue weighted by Crippen LogP contribution is -2.22. The summed E-state index contributed by atoms with van der Waals surface area (Å²) in [5.41, 5.74) is 3.50. The topological polar surface area (TPSA) is 28.2 Å². The Kier molecular flexibility index (Phi) is 5.74. The van der Waals surface area contributed by atoms with Gasteiger partial charge in [0, 0.05) is 30.4 Å². The molecule has 0 aliphatic heterocycles. The Hall–Kier alpha value is -1.42. The molecular formula is C17H22ClN3. The van der Waals surface area contributed by atoms with E-state index < -0.39 is 0 Å². The number of halogens is 1. The van der Waals surface area contributed by atoms with E-state index in [2.05, 4.69) is 47.4 Å². The molecule has 0 fully saturated rings. The molecule has 1 atom stereocenters. The van der Waals surface area contributed by atoms with E-state index in [1.165, 1.54) is 11.1 Å². The third-order valence-corrected chi connectivity index (χ3v) is 3.91. The van der Waals surface area contributed by atoms with Crippen molar-refractivity contribution in [2.45, 2.75) is 26.1 Å². The van der Waals surface area contributed by atoms with Crippen molar-refractivity contribution in [2.24, 2.45) is 0 Å². The van der Waals surface area contributed by atoms with Crippen LogP contribution in [0.25, 0.3) is 0 Å². The molecule has 0 amide bonds. The van der Waals surface area contributed by atoms with Gasteiger partial charge in [0.05, 0.1) is 5.69 Å². The minimum absolute atomic E-state index is 0.294. The molecule has 0 radical (unpaired) electrons. The van der Waals surface area contributed by atoms with Crippen LogP contribution in [0.5, 0.6) is 0 Å². The lowest BCUT2D eigenvalue weighted by atomic mass is 10.1. The normalized spacial score (nSPS) is 12.6. The van der Waals surface area contributed by atoms with Crippen molar-refractivity contribution in [3.63, 3.8) is 0 Å². The van der Waals surface area contributed by atoms with Gasteiger partial charge in [0.2, 0.25) is 0 Å². The van der Waals surface area contributed by atoms with Gasteiger partial charge in [-0.1, -0.05) is 29.8 Å². The van der Waals surface area contributed by atoms with E-state index in [-0.39, 0.29) is 0 Å². The molecule has 3 nitrogen and oxygen atoms in total. The molecule has 0 spiro atoms. The number of nitrogens with zero attached hydrogens (tertiary/aromatic N) is 2. The third kappa shape index (κ3) is 4.53. The predicted molar refractivity (Wildman–Crippen MR) is 88.3 cm³/mol. The Morgan fingerprint density at radius 2 is 2.10 bits per heavy atom. The maximum absolute atomic E-state index is 6.06. The van der Waals surface area contributed by atoms with Gasteiger partial charge in [-0.15, -0.1) is 0 Å². The maximum atomic E-state index is 6.06. The zero-order chi connectivity index (χ0) is 15.2. The van der Waals surface area contributed by atoms with Gasteiger partial charge < -0.3 is 5.32 Å².